The monoisotopic (exact) mass is 261 g/mol. The Labute approximate surface area is 115 Å². The standard InChI is InChI=1S/C15H23N3O/c1-15(2)14(19)17(4)9-10-18(15)13-7-5-12(6-8-13)11-16-3/h5-8,16H,9-11H2,1-4H3. The molecule has 0 radical (unpaired) electrons. The first-order valence-electron chi connectivity index (χ1n) is 6.73. The van der Waals surface area contributed by atoms with Gasteiger partial charge < -0.3 is 15.1 Å². The molecule has 4 heteroatoms. The molecule has 2 rings (SSSR count). The van der Waals surface area contributed by atoms with Crippen LogP contribution in [0.2, 0.25) is 0 Å². The van der Waals surface area contributed by atoms with Crippen LogP contribution in [0.4, 0.5) is 5.69 Å². The summed E-state index contributed by atoms with van der Waals surface area (Å²) in [5, 5.41) is 3.14. The summed E-state index contributed by atoms with van der Waals surface area (Å²) in [5.74, 6) is 0.179. The topological polar surface area (TPSA) is 35.6 Å². The van der Waals surface area contributed by atoms with Crippen molar-refractivity contribution in [3.8, 4) is 0 Å². The van der Waals surface area contributed by atoms with E-state index < -0.39 is 5.54 Å². The summed E-state index contributed by atoms with van der Waals surface area (Å²) >= 11 is 0. The number of carbonyl (C=O) groups is 1. The number of nitrogens with one attached hydrogen (secondary N) is 1. The van der Waals surface area contributed by atoms with Gasteiger partial charge in [-0.05, 0) is 38.6 Å². The zero-order valence-corrected chi connectivity index (χ0v) is 12.2. The van der Waals surface area contributed by atoms with Gasteiger partial charge in [-0.25, -0.2) is 0 Å². The van der Waals surface area contributed by atoms with Crippen molar-refractivity contribution in [2.24, 2.45) is 0 Å². The third-order valence-corrected chi connectivity index (χ3v) is 3.83. The number of amides is 1. The van der Waals surface area contributed by atoms with E-state index in [0.29, 0.717) is 0 Å². The maximum atomic E-state index is 12.3. The quantitative estimate of drug-likeness (QED) is 0.895. The molecule has 4 nitrogen and oxygen atoms in total. The number of carbonyl (C=O) groups excluding carboxylic acids is 1. The first-order chi connectivity index (χ1) is 8.96. The first-order valence-corrected chi connectivity index (χ1v) is 6.73. The average molecular weight is 261 g/mol. The van der Waals surface area contributed by atoms with Gasteiger partial charge in [-0.3, -0.25) is 4.79 Å². The largest absolute Gasteiger partial charge is 0.356 e. The molecule has 1 N–H and O–H groups in total. The van der Waals surface area contributed by atoms with E-state index in [2.05, 4.69) is 34.5 Å². The summed E-state index contributed by atoms with van der Waals surface area (Å²) in [6, 6.07) is 8.44. The van der Waals surface area contributed by atoms with Crippen LogP contribution in [0, 0.1) is 0 Å². The van der Waals surface area contributed by atoms with E-state index in [4.69, 9.17) is 0 Å². The van der Waals surface area contributed by atoms with Crippen molar-refractivity contribution in [2.45, 2.75) is 25.9 Å². The van der Waals surface area contributed by atoms with Crippen molar-refractivity contribution in [3.05, 3.63) is 29.8 Å². The van der Waals surface area contributed by atoms with E-state index in [9.17, 15) is 4.79 Å². The Morgan fingerprint density at radius 1 is 1.21 bits per heavy atom. The van der Waals surface area contributed by atoms with E-state index in [0.717, 1.165) is 25.3 Å². The number of nitrogens with zero attached hydrogens (tertiary/aromatic N) is 2. The van der Waals surface area contributed by atoms with Gasteiger partial charge in [-0.15, -0.1) is 0 Å². The molecule has 0 unspecified atom stereocenters. The van der Waals surface area contributed by atoms with Gasteiger partial charge in [0.15, 0.2) is 0 Å². The molecule has 0 aromatic heterocycles. The molecule has 1 saturated heterocycles. The summed E-state index contributed by atoms with van der Waals surface area (Å²) in [7, 11) is 3.81. The van der Waals surface area contributed by atoms with Crippen molar-refractivity contribution < 1.29 is 4.79 Å². The van der Waals surface area contributed by atoms with Crippen LogP contribution in [-0.2, 0) is 11.3 Å². The van der Waals surface area contributed by atoms with Gasteiger partial charge in [0, 0.05) is 32.4 Å². The van der Waals surface area contributed by atoms with Crippen molar-refractivity contribution in [3.63, 3.8) is 0 Å². The summed E-state index contributed by atoms with van der Waals surface area (Å²) in [6.45, 7) is 6.51. The summed E-state index contributed by atoms with van der Waals surface area (Å²) in [6.07, 6.45) is 0. The maximum absolute atomic E-state index is 12.3. The van der Waals surface area contributed by atoms with Crippen LogP contribution >= 0.6 is 0 Å². The predicted molar refractivity (Wildman–Crippen MR) is 78.3 cm³/mol. The van der Waals surface area contributed by atoms with E-state index in [1.807, 2.05) is 32.8 Å². The molecule has 0 aliphatic carbocycles. The number of benzene rings is 1. The minimum absolute atomic E-state index is 0.179. The van der Waals surface area contributed by atoms with Crippen LogP contribution in [0.1, 0.15) is 19.4 Å². The van der Waals surface area contributed by atoms with Gasteiger partial charge in [-0.2, -0.15) is 0 Å². The molecule has 1 heterocycles. The van der Waals surface area contributed by atoms with E-state index in [-0.39, 0.29) is 5.91 Å². The van der Waals surface area contributed by atoms with Crippen molar-refractivity contribution >= 4 is 11.6 Å². The van der Waals surface area contributed by atoms with Crippen LogP contribution in [0.5, 0.6) is 0 Å². The molecule has 0 saturated carbocycles. The molecule has 1 aromatic rings. The smallest absolute Gasteiger partial charge is 0.247 e. The number of hydrogen-bond donors (Lipinski definition) is 1. The highest BCUT2D eigenvalue weighted by Crippen LogP contribution is 2.28. The second-order valence-electron chi connectivity index (χ2n) is 5.63. The lowest BCUT2D eigenvalue weighted by Crippen LogP contribution is -2.62. The van der Waals surface area contributed by atoms with Gasteiger partial charge in [-0.1, -0.05) is 12.1 Å². The van der Waals surface area contributed by atoms with Crippen LogP contribution in [0.25, 0.3) is 0 Å². The van der Waals surface area contributed by atoms with Crippen LogP contribution in [-0.4, -0.2) is 43.5 Å². The van der Waals surface area contributed by atoms with E-state index in [1.165, 1.54) is 5.56 Å². The number of piperazine rings is 1. The Morgan fingerprint density at radius 3 is 2.42 bits per heavy atom. The highest BCUT2D eigenvalue weighted by atomic mass is 16.2. The Morgan fingerprint density at radius 2 is 1.84 bits per heavy atom. The molecular weight excluding hydrogens is 238 g/mol. The van der Waals surface area contributed by atoms with Crippen molar-refractivity contribution in [1.29, 1.82) is 0 Å². The van der Waals surface area contributed by atoms with E-state index in [1.54, 1.807) is 0 Å². The van der Waals surface area contributed by atoms with Crippen LogP contribution in [0.15, 0.2) is 24.3 Å². The van der Waals surface area contributed by atoms with Crippen LogP contribution in [0.3, 0.4) is 0 Å². The molecule has 0 bridgehead atoms. The minimum Gasteiger partial charge on any atom is -0.356 e. The van der Waals surface area contributed by atoms with Gasteiger partial charge in [0.05, 0.1) is 0 Å². The Hall–Kier alpha value is -1.55. The molecular formula is C15H23N3O. The van der Waals surface area contributed by atoms with Gasteiger partial charge in [0.2, 0.25) is 5.91 Å². The molecule has 0 atom stereocenters. The zero-order valence-electron chi connectivity index (χ0n) is 12.2. The lowest BCUT2D eigenvalue weighted by Gasteiger charge is -2.46. The third kappa shape index (κ3) is 2.59. The molecule has 1 aromatic carbocycles. The van der Waals surface area contributed by atoms with Gasteiger partial charge in [0.1, 0.15) is 5.54 Å². The molecule has 1 aliphatic heterocycles. The van der Waals surface area contributed by atoms with Gasteiger partial charge in [0.25, 0.3) is 0 Å². The molecule has 1 aliphatic rings. The molecule has 1 amide bonds. The lowest BCUT2D eigenvalue weighted by molar-refractivity contribution is -0.136. The maximum Gasteiger partial charge on any atom is 0.247 e. The predicted octanol–water partition coefficient (Wildman–Crippen LogP) is 1.46. The highest BCUT2D eigenvalue weighted by Gasteiger charge is 2.40. The average Bonchev–Trinajstić information content (AvgIpc) is 2.38. The van der Waals surface area contributed by atoms with Gasteiger partial charge >= 0.3 is 0 Å². The fraction of sp³-hybridized carbons (Fsp3) is 0.533. The second kappa shape index (κ2) is 5.21. The summed E-state index contributed by atoms with van der Waals surface area (Å²) in [5.41, 5.74) is 1.90. The van der Waals surface area contributed by atoms with Crippen molar-refractivity contribution in [1.82, 2.24) is 10.2 Å². The minimum atomic E-state index is -0.475. The number of rotatable bonds is 3. The highest BCUT2D eigenvalue weighted by molar-refractivity contribution is 5.90. The van der Waals surface area contributed by atoms with Crippen molar-refractivity contribution in [2.75, 3.05) is 32.1 Å². The lowest BCUT2D eigenvalue weighted by atomic mass is 9.96. The first kappa shape index (κ1) is 13.9. The normalized spacial score (nSPS) is 18.8. The molecule has 1 fully saturated rings. The molecule has 0 spiro atoms. The number of anilines is 1. The molecule has 19 heavy (non-hydrogen) atoms. The fourth-order valence-corrected chi connectivity index (χ4v) is 2.66. The summed E-state index contributed by atoms with van der Waals surface area (Å²) < 4.78 is 0. The summed E-state index contributed by atoms with van der Waals surface area (Å²) in [4.78, 5) is 16.3. The SMILES string of the molecule is CNCc1ccc(N2CCN(C)C(=O)C2(C)C)cc1. The fourth-order valence-electron chi connectivity index (χ4n) is 2.66. The number of likely N-dealkylation sites (N-methyl/N-ethyl adjacent to an activating group) is 1. The van der Waals surface area contributed by atoms with E-state index >= 15 is 0 Å². The Bertz CT molecular complexity index is 453. The third-order valence-electron chi connectivity index (χ3n) is 3.83. The zero-order chi connectivity index (χ0) is 14.0. The van der Waals surface area contributed by atoms with Crippen LogP contribution < -0.4 is 10.2 Å². The second-order valence-corrected chi connectivity index (χ2v) is 5.63. The Balaban J connectivity index is 2.23. The Kier molecular flexibility index (Phi) is 3.80. The molecule has 104 valence electrons. The number of hydrogen-bond acceptors (Lipinski definition) is 3.